The van der Waals surface area contributed by atoms with E-state index < -0.39 is 32.5 Å². The van der Waals surface area contributed by atoms with Gasteiger partial charge in [0.15, 0.2) is 6.10 Å². The fourth-order valence-electron chi connectivity index (χ4n) is 4.91. The molecule has 10 heteroatoms. The van der Waals surface area contributed by atoms with E-state index in [9.17, 15) is 19.0 Å². The second kappa shape index (κ2) is 37.5. The number of phosphoric acid groups is 1. The van der Waals surface area contributed by atoms with E-state index in [1.807, 2.05) is 6.08 Å². The highest BCUT2D eigenvalue weighted by Gasteiger charge is 2.25. The van der Waals surface area contributed by atoms with Gasteiger partial charge in [0, 0.05) is 19.4 Å². The van der Waals surface area contributed by atoms with Gasteiger partial charge in [0.05, 0.1) is 13.2 Å². The lowest BCUT2D eigenvalue weighted by atomic mass is 10.1. The molecule has 0 heterocycles. The Morgan fingerprint density at radius 2 is 1.04 bits per heavy atom. The molecule has 0 aliphatic carbocycles. The molecular weight excluding hydrogens is 665 g/mol. The molecule has 0 amide bonds. The zero-order chi connectivity index (χ0) is 37.5. The van der Waals surface area contributed by atoms with Crippen LogP contribution in [0.15, 0.2) is 60.8 Å². The van der Waals surface area contributed by atoms with Crippen molar-refractivity contribution in [1.82, 2.24) is 0 Å². The maximum atomic E-state index is 12.5. The van der Waals surface area contributed by atoms with Crippen LogP contribution in [0.3, 0.4) is 0 Å². The molecule has 0 aromatic rings. The summed E-state index contributed by atoms with van der Waals surface area (Å²) in [5, 5.41) is 0. The van der Waals surface area contributed by atoms with Crippen molar-refractivity contribution in [3.8, 4) is 0 Å². The van der Waals surface area contributed by atoms with Gasteiger partial charge in [-0.1, -0.05) is 126 Å². The summed E-state index contributed by atoms with van der Waals surface area (Å²) in [6, 6.07) is 0. The minimum atomic E-state index is -4.39. The summed E-state index contributed by atoms with van der Waals surface area (Å²) in [6.45, 7) is 3.59. The second-order valence-corrected chi connectivity index (χ2v) is 14.2. The van der Waals surface area contributed by atoms with E-state index >= 15 is 0 Å². The summed E-state index contributed by atoms with van der Waals surface area (Å²) in [5.41, 5.74) is 5.33. The lowest BCUT2D eigenvalue weighted by Crippen LogP contribution is -2.29. The second-order valence-electron chi connectivity index (χ2n) is 12.8. The van der Waals surface area contributed by atoms with E-state index in [-0.39, 0.29) is 32.6 Å². The Morgan fingerprint density at radius 3 is 1.63 bits per heavy atom. The van der Waals surface area contributed by atoms with Gasteiger partial charge in [0.2, 0.25) is 0 Å². The van der Waals surface area contributed by atoms with E-state index in [2.05, 4.69) is 68.5 Å². The average Bonchev–Trinajstić information content (AvgIpc) is 3.11. The van der Waals surface area contributed by atoms with E-state index in [1.165, 1.54) is 64.2 Å². The molecule has 0 bridgehead atoms. The van der Waals surface area contributed by atoms with Crippen molar-refractivity contribution in [3.05, 3.63) is 60.8 Å². The topological polar surface area (TPSA) is 134 Å². The van der Waals surface area contributed by atoms with Gasteiger partial charge in [-0.05, 0) is 77.0 Å². The molecule has 0 fully saturated rings. The number of allylic oxidation sites excluding steroid dienone is 10. The molecule has 3 N–H and O–H groups in total. The molecule has 0 saturated carbocycles. The molecule has 1 unspecified atom stereocenters. The zero-order valence-corrected chi connectivity index (χ0v) is 33.0. The van der Waals surface area contributed by atoms with Crippen LogP contribution in [0.25, 0.3) is 0 Å². The predicted molar refractivity (Wildman–Crippen MR) is 210 cm³/mol. The van der Waals surface area contributed by atoms with Crippen LogP contribution < -0.4 is 5.73 Å². The smallest absolute Gasteiger partial charge is 0.462 e. The molecular formula is C41H72NO8P. The van der Waals surface area contributed by atoms with Crippen molar-refractivity contribution in [3.63, 3.8) is 0 Å². The Labute approximate surface area is 310 Å². The van der Waals surface area contributed by atoms with Gasteiger partial charge in [-0.15, -0.1) is 0 Å². The quantitative estimate of drug-likeness (QED) is 0.0279. The molecule has 9 nitrogen and oxygen atoms in total. The number of ether oxygens (including phenoxy) is 2. The summed E-state index contributed by atoms with van der Waals surface area (Å²) in [5.74, 6) is -0.919. The number of carbonyl (C=O) groups is 2. The minimum absolute atomic E-state index is 0.0416. The fraction of sp³-hybridized carbons (Fsp3) is 0.707. The standard InChI is InChI=1S/C41H72NO8P/c1-3-5-7-9-11-13-15-17-18-19-20-22-23-25-27-29-31-33-40(43)47-37-39(38-49-51(45,46)48-36-35-42)50-41(44)34-32-30-28-26-24-21-16-14-12-10-8-6-4-2/h11,13,17-18,20-22,24-25,27,39H,3-10,12,14-16,19,23,26,28-38,42H2,1-2H3,(H,45,46)/b13-11+,18-17+,22-20+,24-21+,27-25+/t39-/m1/s1. The van der Waals surface area contributed by atoms with Crippen molar-refractivity contribution in [2.24, 2.45) is 5.73 Å². The summed E-state index contributed by atoms with van der Waals surface area (Å²) < 4.78 is 32.6. The van der Waals surface area contributed by atoms with Crippen molar-refractivity contribution in [1.29, 1.82) is 0 Å². The Hall–Kier alpha value is -2.29. The number of unbranched alkanes of at least 4 members (excludes halogenated alkanes) is 13. The molecule has 0 aliphatic heterocycles. The van der Waals surface area contributed by atoms with Crippen molar-refractivity contribution >= 4 is 19.8 Å². The third kappa shape index (κ3) is 37.3. The Morgan fingerprint density at radius 1 is 0.588 bits per heavy atom. The molecule has 0 aromatic heterocycles. The Balaban J connectivity index is 4.34. The maximum Gasteiger partial charge on any atom is 0.472 e. The number of rotatable bonds is 36. The molecule has 2 atom stereocenters. The lowest BCUT2D eigenvalue weighted by Gasteiger charge is -2.19. The van der Waals surface area contributed by atoms with Crippen LogP contribution in [0.1, 0.15) is 155 Å². The van der Waals surface area contributed by atoms with Gasteiger partial charge in [0.1, 0.15) is 6.61 Å². The first-order chi connectivity index (χ1) is 24.8. The number of hydrogen-bond donors (Lipinski definition) is 2. The van der Waals surface area contributed by atoms with Crippen molar-refractivity contribution in [2.75, 3.05) is 26.4 Å². The van der Waals surface area contributed by atoms with Crippen LogP contribution in [0.4, 0.5) is 0 Å². The van der Waals surface area contributed by atoms with E-state index in [0.29, 0.717) is 12.8 Å². The summed E-state index contributed by atoms with van der Waals surface area (Å²) in [4.78, 5) is 34.7. The first kappa shape index (κ1) is 48.7. The van der Waals surface area contributed by atoms with Gasteiger partial charge in [-0.2, -0.15) is 0 Å². The van der Waals surface area contributed by atoms with Gasteiger partial charge < -0.3 is 20.1 Å². The Kier molecular flexibility index (Phi) is 35.8. The highest BCUT2D eigenvalue weighted by molar-refractivity contribution is 7.47. The van der Waals surface area contributed by atoms with Gasteiger partial charge in [-0.25, -0.2) is 4.57 Å². The van der Waals surface area contributed by atoms with Crippen LogP contribution in [0, 0.1) is 0 Å². The first-order valence-corrected chi connectivity index (χ1v) is 21.3. The largest absolute Gasteiger partial charge is 0.472 e. The highest BCUT2D eigenvalue weighted by atomic mass is 31.2. The SMILES string of the molecule is CCCCC/C=C/C/C=C/C/C=C/C/C=C/CCCC(=O)OC[C@H](COP(=O)(O)OCCN)OC(=O)CCCCC/C=C/CCCCCCCC. The third-order valence-electron chi connectivity index (χ3n) is 7.88. The molecule has 0 radical (unpaired) electrons. The molecule has 0 rings (SSSR count). The highest BCUT2D eigenvalue weighted by Crippen LogP contribution is 2.43. The van der Waals surface area contributed by atoms with Crippen molar-refractivity contribution in [2.45, 2.75) is 161 Å². The van der Waals surface area contributed by atoms with Crippen LogP contribution in [0.5, 0.6) is 0 Å². The number of esters is 2. The van der Waals surface area contributed by atoms with Crippen LogP contribution in [-0.4, -0.2) is 49.3 Å². The summed E-state index contributed by atoms with van der Waals surface area (Å²) >= 11 is 0. The molecule has 0 aromatic carbocycles. The molecule has 0 saturated heterocycles. The normalized spacial score (nSPS) is 14.0. The molecule has 0 spiro atoms. The van der Waals surface area contributed by atoms with Crippen LogP contribution in [-0.2, 0) is 32.7 Å². The number of phosphoric ester groups is 1. The number of hydrogen-bond acceptors (Lipinski definition) is 8. The first-order valence-electron chi connectivity index (χ1n) is 19.8. The lowest BCUT2D eigenvalue weighted by molar-refractivity contribution is -0.161. The van der Waals surface area contributed by atoms with Crippen molar-refractivity contribution < 1.29 is 37.6 Å². The van der Waals surface area contributed by atoms with Gasteiger partial charge >= 0.3 is 19.8 Å². The molecule has 0 aliphatic rings. The molecule has 294 valence electrons. The van der Waals surface area contributed by atoms with Crippen LogP contribution in [0.2, 0.25) is 0 Å². The predicted octanol–water partition coefficient (Wildman–Crippen LogP) is 10.9. The monoisotopic (exact) mass is 737 g/mol. The van der Waals surface area contributed by atoms with Gasteiger partial charge in [0.25, 0.3) is 0 Å². The number of carbonyl (C=O) groups excluding carboxylic acids is 2. The average molecular weight is 738 g/mol. The van der Waals surface area contributed by atoms with Crippen LogP contribution >= 0.6 is 7.82 Å². The Bertz CT molecular complexity index is 1020. The molecule has 51 heavy (non-hydrogen) atoms. The third-order valence-corrected chi connectivity index (χ3v) is 8.86. The fourth-order valence-corrected chi connectivity index (χ4v) is 5.68. The minimum Gasteiger partial charge on any atom is -0.462 e. The summed E-state index contributed by atoms with van der Waals surface area (Å²) in [7, 11) is -4.39. The van der Waals surface area contributed by atoms with E-state index in [4.69, 9.17) is 24.3 Å². The van der Waals surface area contributed by atoms with Gasteiger partial charge in [-0.3, -0.25) is 18.6 Å². The summed E-state index contributed by atoms with van der Waals surface area (Å²) in [6.07, 6.45) is 42.6. The zero-order valence-electron chi connectivity index (χ0n) is 32.1. The van der Waals surface area contributed by atoms with E-state index in [0.717, 1.165) is 51.4 Å². The maximum absolute atomic E-state index is 12.5. The van der Waals surface area contributed by atoms with E-state index in [1.54, 1.807) is 0 Å². The number of nitrogens with two attached hydrogens (primary N) is 1.